The van der Waals surface area contributed by atoms with Crippen molar-refractivity contribution in [2.75, 3.05) is 7.11 Å². The minimum Gasteiger partial charge on any atom is -0.503 e. The van der Waals surface area contributed by atoms with E-state index in [2.05, 4.69) is 9.97 Å². The van der Waals surface area contributed by atoms with E-state index < -0.39 is 17.7 Å². The minimum absolute atomic E-state index is 0.0657. The van der Waals surface area contributed by atoms with Crippen LogP contribution in [0.25, 0.3) is 0 Å². The molecule has 8 heteroatoms. The van der Waals surface area contributed by atoms with Gasteiger partial charge in [0, 0.05) is 18.9 Å². The van der Waals surface area contributed by atoms with Crippen molar-refractivity contribution >= 4 is 23.0 Å². The predicted octanol–water partition coefficient (Wildman–Crippen LogP) is 3.94. The van der Waals surface area contributed by atoms with Crippen molar-refractivity contribution in [3.63, 3.8) is 0 Å². The van der Waals surface area contributed by atoms with E-state index in [1.54, 1.807) is 62.8 Å². The molecule has 1 amide bonds. The number of aliphatic hydroxyl groups is 1. The zero-order chi connectivity index (χ0) is 22.1. The molecule has 0 saturated carbocycles. The van der Waals surface area contributed by atoms with Crippen LogP contribution >= 0.6 is 11.3 Å². The van der Waals surface area contributed by atoms with Gasteiger partial charge in [-0.1, -0.05) is 12.1 Å². The molecule has 1 aliphatic heterocycles. The third-order valence-corrected chi connectivity index (χ3v) is 6.26. The summed E-state index contributed by atoms with van der Waals surface area (Å²) in [5.41, 5.74) is 2.19. The van der Waals surface area contributed by atoms with E-state index in [4.69, 9.17) is 4.74 Å². The minimum atomic E-state index is -0.735. The molecule has 4 rings (SSSR count). The number of rotatable bonds is 6. The lowest BCUT2D eigenvalue weighted by molar-refractivity contribution is -0.130. The second kappa shape index (κ2) is 8.31. The summed E-state index contributed by atoms with van der Waals surface area (Å²) in [6, 6.07) is 9.99. The SMILES string of the molecule is COc1ccc(C2C(C(=O)c3sc(C)nc3C)=C(O)C(=O)N2Cc2ccncc2)cc1. The van der Waals surface area contributed by atoms with E-state index in [1.807, 2.05) is 6.92 Å². The maximum absolute atomic E-state index is 13.5. The Morgan fingerprint density at radius 1 is 1.16 bits per heavy atom. The molecule has 1 aromatic carbocycles. The molecule has 1 N–H and O–H groups in total. The maximum atomic E-state index is 13.5. The molecular formula is C23H21N3O4S. The number of hydrogen-bond acceptors (Lipinski definition) is 7. The molecule has 3 heterocycles. The lowest BCUT2D eigenvalue weighted by atomic mass is 9.95. The zero-order valence-electron chi connectivity index (χ0n) is 17.3. The van der Waals surface area contributed by atoms with Gasteiger partial charge >= 0.3 is 0 Å². The van der Waals surface area contributed by atoms with Gasteiger partial charge < -0.3 is 14.7 Å². The van der Waals surface area contributed by atoms with Crippen LogP contribution in [0.1, 0.15) is 37.5 Å². The Morgan fingerprint density at radius 3 is 2.42 bits per heavy atom. The fourth-order valence-corrected chi connectivity index (χ4v) is 4.60. The number of hydrogen-bond donors (Lipinski definition) is 1. The number of thiazole rings is 1. The summed E-state index contributed by atoms with van der Waals surface area (Å²) < 4.78 is 5.24. The highest BCUT2D eigenvalue weighted by molar-refractivity contribution is 7.14. The summed E-state index contributed by atoms with van der Waals surface area (Å²) >= 11 is 1.26. The molecule has 0 spiro atoms. The van der Waals surface area contributed by atoms with Crippen molar-refractivity contribution in [3.8, 4) is 5.75 Å². The van der Waals surface area contributed by atoms with Crippen molar-refractivity contribution in [3.05, 3.63) is 86.8 Å². The Morgan fingerprint density at radius 2 is 1.84 bits per heavy atom. The molecule has 1 atom stereocenters. The molecule has 7 nitrogen and oxygen atoms in total. The Kier molecular flexibility index (Phi) is 5.56. The number of carbonyl (C=O) groups excluding carboxylic acids is 2. The standard InChI is InChI=1S/C23H21N3O4S/c1-13-22(31-14(2)25-13)20(27)18-19(16-4-6-17(30-3)7-5-16)26(23(29)21(18)28)12-15-8-10-24-11-9-15/h4-11,19,28H,12H2,1-3H3. The van der Waals surface area contributed by atoms with Gasteiger partial charge in [-0.2, -0.15) is 0 Å². The number of nitrogens with zero attached hydrogens (tertiary/aromatic N) is 3. The van der Waals surface area contributed by atoms with Crippen molar-refractivity contribution in [1.29, 1.82) is 0 Å². The second-order valence-electron chi connectivity index (χ2n) is 7.20. The first-order valence-electron chi connectivity index (χ1n) is 9.66. The van der Waals surface area contributed by atoms with E-state index in [-0.39, 0.29) is 17.9 Å². The predicted molar refractivity (Wildman–Crippen MR) is 116 cm³/mol. The lowest BCUT2D eigenvalue weighted by Crippen LogP contribution is -2.30. The summed E-state index contributed by atoms with van der Waals surface area (Å²) in [7, 11) is 1.57. The average Bonchev–Trinajstić information content (AvgIpc) is 3.24. The average molecular weight is 436 g/mol. The normalized spacial score (nSPS) is 16.2. The van der Waals surface area contributed by atoms with Crippen LogP contribution in [0.3, 0.4) is 0 Å². The summed E-state index contributed by atoms with van der Waals surface area (Å²) in [5, 5.41) is 11.5. The molecule has 1 unspecified atom stereocenters. The molecule has 0 radical (unpaired) electrons. The molecule has 0 bridgehead atoms. The second-order valence-corrected chi connectivity index (χ2v) is 8.41. The number of methoxy groups -OCH3 is 1. The molecular weight excluding hydrogens is 414 g/mol. The van der Waals surface area contributed by atoms with E-state index in [0.717, 1.165) is 10.6 Å². The number of aryl methyl sites for hydroxylation is 2. The molecule has 2 aromatic heterocycles. The van der Waals surface area contributed by atoms with Crippen LogP contribution in [0.2, 0.25) is 0 Å². The third-order valence-electron chi connectivity index (χ3n) is 5.19. The number of Topliss-reactive ketones (excluding diaryl/α,β-unsaturated/α-hetero) is 1. The Hall–Kier alpha value is -3.52. The summed E-state index contributed by atoms with van der Waals surface area (Å²) in [6.07, 6.45) is 3.28. The van der Waals surface area contributed by atoms with Crippen molar-refractivity contribution in [2.45, 2.75) is 26.4 Å². The maximum Gasteiger partial charge on any atom is 0.290 e. The van der Waals surface area contributed by atoms with Crippen LogP contribution in [0.4, 0.5) is 0 Å². The van der Waals surface area contributed by atoms with E-state index >= 15 is 0 Å². The molecule has 3 aromatic rings. The van der Waals surface area contributed by atoms with Gasteiger partial charge in [0.05, 0.1) is 34.3 Å². The first-order valence-corrected chi connectivity index (χ1v) is 10.5. The quantitative estimate of drug-likeness (QED) is 0.590. The van der Waals surface area contributed by atoms with Gasteiger partial charge in [-0.05, 0) is 49.2 Å². The van der Waals surface area contributed by atoms with Gasteiger partial charge in [0.1, 0.15) is 5.75 Å². The van der Waals surface area contributed by atoms with Gasteiger partial charge in [0.2, 0.25) is 5.78 Å². The lowest BCUT2D eigenvalue weighted by Gasteiger charge is -2.27. The van der Waals surface area contributed by atoms with Crippen LogP contribution < -0.4 is 4.74 Å². The van der Waals surface area contributed by atoms with Crippen molar-refractivity contribution < 1.29 is 19.4 Å². The smallest absolute Gasteiger partial charge is 0.290 e. The zero-order valence-corrected chi connectivity index (χ0v) is 18.1. The molecule has 0 fully saturated rings. The molecule has 0 aliphatic carbocycles. The number of carbonyl (C=O) groups is 2. The molecule has 1 aliphatic rings. The van der Waals surface area contributed by atoms with Crippen LogP contribution in [-0.4, -0.2) is 38.8 Å². The molecule has 0 saturated heterocycles. The number of pyridine rings is 1. The third kappa shape index (κ3) is 3.82. The van der Waals surface area contributed by atoms with Gasteiger partial charge in [-0.15, -0.1) is 11.3 Å². The van der Waals surface area contributed by atoms with Gasteiger partial charge in [0.15, 0.2) is 5.76 Å². The van der Waals surface area contributed by atoms with E-state index in [9.17, 15) is 14.7 Å². The number of ether oxygens (including phenoxy) is 1. The number of benzene rings is 1. The number of aromatic nitrogens is 2. The van der Waals surface area contributed by atoms with Crippen molar-refractivity contribution in [2.24, 2.45) is 0 Å². The van der Waals surface area contributed by atoms with Crippen LogP contribution in [-0.2, 0) is 11.3 Å². The number of aliphatic hydroxyl groups excluding tert-OH is 1. The number of ketones is 1. The Bertz CT molecular complexity index is 1170. The van der Waals surface area contributed by atoms with Crippen LogP contribution in [0, 0.1) is 13.8 Å². The van der Waals surface area contributed by atoms with Crippen LogP contribution in [0.5, 0.6) is 5.75 Å². The van der Waals surface area contributed by atoms with Crippen molar-refractivity contribution in [1.82, 2.24) is 14.9 Å². The monoisotopic (exact) mass is 435 g/mol. The largest absolute Gasteiger partial charge is 0.503 e. The highest BCUT2D eigenvalue weighted by Gasteiger charge is 2.44. The molecule has 31 heavy (non-hydrogen) atoms. The summed E-state index contributed by atoms with van der Waals surface area (Å²) in [4.78, 5) is 36.8. The summed E-state index contributed by atoms with van der Waals surface area (Å²) in [5.74, 6) is -0.832. The summed E-state index contributed by atoms with van der Waals surface area (Å²) in [6.45, 7) is 3.79. The highest BCUT2D eigenvalue weighted by Crippen LogP contribution is 2.41. The highest BCUT2D eigenvalue weighted by atomic mass is 32.1. The van der Waals surface area contributed by atoms with Gasteiger partial charge in [0.25, 0.3) is 5.91 Å². The number of amides is 1. The first kappa shape index (κ1) is 20.7. The van der Waals surface area contributed by atoms with E-state index in [0.29, 0.717) is 21.9 Å². The first-order chi connectivity index (χ1) is 14.9. The fraction of sp³-hybridized carbons (Fsp3) is 0.217. The topological polar surface area (TPSA) is 92.6 Å². The Labute approximate surface area is 183 Å². The molecule has 158 valence electrons. The Balaban J connectivity index is 1.81. The van der Waals surface area contributed by atoms with Gasteiger partial charge in [-0.3, -0.25) is 14.6 Å². The fourth-order valence-electron chi connectivity index (χ4n) is 3.73. The van der Waals surface area contributed by atoms with E-state index in [1.165, 1.54) is 16.2 Å². The van der Waals surface area contributed by atoms with Crippen LogP contribution in [0.15, 0.2) is 60.1 Å². The van der Waals surface area contributed by atoms with Gasteiger partial charge in [-0.25, -0.2) is 4.98 Å².